The van der Waals surface area contributed by atoms with Crippen molar-refractivity contribution in [3.8, 4) is 11.5 Å². The summed E-state index contributed by atoms with van der Waals surface area (Å²) in [6, 6.07) is 14.2. The van der Waals surface area contributed by atoms with Crippen molar-refractivity contribution in [1.29, 1.82) is 0 Å². The first kappa shape index (κ1) is 21.8. The van der Waals surface area contributed by atoms with Crippen LogP contribution < -0.4 is 20.0 Å². The number of anilines is 1. The minimum Gasteiger partial charge on any atom is -0.497 e. The Morgan fingerprint density at radius 3 is 2.45 bits per heavy atom. The summed E-state index contributed by atoms with van der Waals surface area (Å²) in [4.78, 5) is 17.2. The first-order valence-electron chi connectivity index (χ1n) is 12.0. The number of methoxy groups -OCH3 is 1. The van der Waals surface area contributed by atoms with Gasteiger partial charge in [-0.3, -0.25) is 4.90 Å². The molecule has 5 rings (SSSR count). The molecule has 33 heavy (non-hydrogen) atoms. The Kier molecular flexibility index (Phi) is 6.53. The van der Waals surface area contributed by atoms with E-state index in [1.54, 1.807) is 7.11 Å². The normalized spacial score (nSPS) is 16.2. The van der Waals surface area contributed by atoms with Crippen molar-refractivity contribution in [2.75, 3.05) is 51.3 Å². The summed E-state index contributed by atoms with van der Waals surface area (Å²) < 4.78 is 16.8. The predicted octanol–water partition coefficient (Wildman–Crippen LogP) is 4.27. The van der Waals surface area contributed by atoms with Gasteiger partial charge in [-0.15, -0.1) is 0 Å². The summed E-state index contributed by atoms with van der Waals surface area (Å²) in [5.41, 5.74) is 3.76. The Balaban J connectivity index is 1.05. The topological polar surface area (TPSA) is 55.2 Å². The van der Waals surface area contributed by atoms with Crippen molar-refractivity contribution < 1.29 is 13.9 Å². The van der Waals surface area contributed by atoms with E-state index in [9.17, 15) is 4.79 Å². The lowest BCUT2D eigenvalue weighted by molar-refractivity contribution is 0.238. The smallest absolute Gasteiger partial charge is 0.339 e. The van der Waals surface area contributed by atoms with Crippen molar-refractivity contribution in [3.63, 3.8) is 0 Å². The van der Waals surface area contributed by atoms with Crippen LogP contribution in [0.3, 0.4) is 0 Å². The second-order valence-electron chi connectivity index (χ2n) is 8.94. The number of aryl methyl sites for hydroxylation is 1. The molecular weight excluding hydrogens is 416 g/mol. The van der Waals surface area contributed by atoms with Crippen LogP contribution in [0.5, 0.6) is 11.5 Å². The molecule has 0 unspecified atom stereocenters. The van der Waals surface area contributed by atoms with E-state index in [1.165, 1.54) is 11.3 Å². The Bertz CT molecular complexity index is 1150. The lowest BCUT2D eigenvalue weighted by atomic mass is 10.1. The third-order valence-corrected chi connectivity index (χ3v) is 6.89. The second-order valence-corrected chi connectivity index (χ2v) is 8.94. The number of piperazine rings is 1. The average Bonchev–Trinajstić information content (AvgIpc) is 3.35. The first-order valence-corrected chi connectivity index (χ1v) is 12.0. The maximum Gasteiger partial charge on any atom is 0.339 e. The molecule has 0 radical (unpaired) electrons. The van der Waals surface area contributed by atoms with E-state index >= 15 is 0 Å². The van der Waals surface area contributed by atoms with E-state index < -0.39 is 0 Å². The quantitative estimate of drug-likeness (QED) is 0.379. The molecule has 0 bridgehead atoms. The fraction of sp³-hybridized carbons (Fsp3) is 0.444. The number of hydrogen-bond acceptors (Lipinski definition) is 6. The lowest BCUT2D eigenvalue weighted by Gasteiger charge is -2.36. The summed E-state index contributed by atoms with van der Waals surface area (Å²) in [5, 5.41) is 1.06. The van der Waals surface area contributed by atoms with Gasteiger partial charge in [-0.2, -0.15) is 0 Å². The van der Waals surface area contributed by atoms with Crippen LogP contribution in [0.15, 0.2) is 51.7 Å². The fourth-order valence-corrected chi connectivity index (χ4v) is 5.00. The highest BCUT2D eigenvalue weighted by Gasteiger charge is 2.20. The molecule has 1 saturated heterocycles. The largest absolute Gasteiger partial charge is 0.497 e. The molecule has 2 aromatic carbocycles. The Hall–Kier alpha value is -2.99. The van der Waals surface area contributed by atoms with E-state index in [4.69, 9.17) is 13.9 Å². The van der Waals surface area contributed by atoms with Crippen LogP contribution in [0.1, 0.15) is 30.4 Å². The van der Waals surface area contributed by atoms with E-state index in [0.29, 0.717) is 12.2 Å². The molecule has 6 heteroatoms. The number of benzene rings is 2. The summed E-state index contributed by atoms with van der Waals surface area (Å²) >= 11 is 0. The maximum absolute atomic E-state index is 12.2. The molecule has 1 aromatic heterocycles. The van der Waals surface area contributed by atoms with Crippen molar-refractivity contribution in [1.82, 2.24) is 4.90 Å². The Morgan fingerprint density at radius 2 is 1.67 bits per heavy atom. The molecule has 0 saturated carbocycles. The molecule has 0 spiro atoms. The van der Waals surface area contributed by atoms with E-state index in [2.05, 4.69) is 21.9 Å². The van der Waals surface area contributed by atoms with Gasteiger partial charge < -0.3 is 18.8 Å². The number of hydrogen-bond donors (Lipinski definition) is 0. The summed E-state index contributed by atoms with van der Waals surface area (Å²) in [6.07, 6.45) is 4.95. The molecule has 1 aliphatic carbocycles. The van der Waals surface area contributed by atoms with Crippen molar-refractivity contribution in [2.24, 2.45) is 0 Å². The highest BCUT2D eigenvalue weighted by Crippen LogP contribution is 2.29. The Labute approximate surface area is 194 Å². The van der Waals surface area contributed by atoms with Gasteiger partial charge in [-0.05, 0) is 80.6 Å². The lowest BCUT2D eigenvalue weighted by Crippen LogP contribution is -2.46. The van der Waals surface area contributed by atoms with Gasteiger partial charge in [0.1, 0.15) is 17.1 Å². The molecular formula is C27H32N2O4. The Morgan fingerprint density at radius 1 is 0.909 bits per heavy atom. The van der Waals surface area contributed by atoms with Crippen LogP contribution in [0.4, 0.5) is 5.69 Å². The number of rotatable bonds is 8. The van der Waals surface area contributed by atoms with Crippen molar-refractivity contribution >= 4 is 16.7 Å². The van der Waals surface area contributed by atoms with Crippen LogP contribution in [-0.4, -0.2) is 51.3 Å². The van der Waals surface area contributed by atoms with Crippen LogP contribution in [0, 0.1) is 0 Å². The molecule has 2 heterocycles. The average molecular weight is 449 g/mol. The van der Waals surface area contributed by atoms with Gasteiger partial charge in [-0.25, -0.2) is 4.79 Å². The van der Waals surface area contributed by atoms with E-state index in [0.717, 1.165) is 87.3 Å². The van der Waals surface area contributed by atoms with E-state index in [1.807, 2.05) is 30.3 Å². The van der Waals surface area contributed by atoms with Crippen LogP contribution in [0.2, 0.25) is 0 Å². The number of ether oxygens (including phenoxy) is 2. The van der Waals surface area contributed by atoms with Gasteiger partial charge in [0, 0.05) is 48.9 Å². The van der Waals surface area contributed by atoms with Crippen molar-refractivity contribution in [3.05, 3.63) is 64.0 Å². The zero-order valence-electron chi connectivity index (χ0n) is 19.3. The van der Waals surface area contributed by atoms with Crippen LogP contribution in [0.25, 0.3) is 11.0 Å². The van der Waals surface area contributed by atoms with Crippen LogP contribution in [-0.2, 0) is 12.8 Å². The molecule has 1 fully saturated rings. The molecule has 2 aliphatic rings. The highest BCUT2D eigenvalue weighted by atomic mass is 16.5. The zero-order valence-corrected chi connectivity index (χ0v) is 19.3. The van der Waals surface area contributed by atoms with Gasteiger partial charge in [0.15, 0.2) is 0 Å². The molecule has 0 amide bonds. The summed E-state index contributed by atoms with van der Waals surface area (Å²) in [7, 11) is 1.70. The third-order valence-electron chi connectivity index (χ3n) is 6.89. The number of unbranched alkanes of at least 4 members (excludes halogenated alkanes) is 1. The third kappa shape index (κ3) is 4.86. The molecule has 3 aromatic rings. The van der Waals surface area contributed by atoms with Crippen molar-refractivity contribution in [2.45, 2.75) is 32.1 Å². The molecule has 0 atom stereocenters. The summed E-state index contributed by atoms with van der Waals surface area (Å²) in [6.45, 7) is 6.04. The zero-order chi connectivity index (χ0) is 22.6. The standard InChI is InChI=1S/C27H32N2O4/c1-31-21-9-7-20(8-10-21)29-16-14-28(15-17-29)13-2-3-18-32-22-11-12-24-23-5-4-6-25(23)27(30)33-26(24)19-22/h7-12,19H,2-6,13-18H2,1H3. The highest BCUT2D eigenvalue weighted by molar-refractivity contribution is 5.83. The molecule has 6 nitrogen and oxygen atoms in total. The minimum absolute atomic E-state index is 0.181. The molecule has 174 valence electrons. The number of fused-ring (bicyclic) bond motifs is 3. The van der Waals surface area contributed by atoms with Gasteiger partial charge in [0.25, 0.3) is 0 Å². The van der Waals surface area contributed by atoms with Gasteiger partial charge in [-0.1, -0.05) is 0 Å². The molecule has 0 N–H and O–H groups in total. The minimum atomic E-state index is -0.181. The first-order chi connectivity index (χ1) is 16.2. The fourth-order valence-electron chi connectivity index (χ4n) is 5.00. The second kappa shape index (κ2) is 9.87. The maximum atomic E-state index is 12.2. The number of nitrogens with zero attached hydrogens (tertiary/aromatic N) is 2. The predicted molar refractivity (Wildman–Crippen MR) is 131 cm³/mol. The monoisotopic (exact) mass is 448 g/mol. The summed E-state index contributed by atoms with van der Waals surface area (Å²) in [5.74, 6) is 1.67. The molecule has 1 aliphatic heterocycles. The van der Waals surface area contributed by atoms with Gasteiger partial charge in [0.05, 0.1) is 13.7 Å². The SMILES string of the molecule is COc1ccc(N2CCN(CCCCOc3ccc4c5c(c(=O)oc4c3)CCC5)CC2)cc1. The van der Waals surface area contributed by atoms with Gasteiger partial charge >= 0.3 is 5.63 Å². The van der Waals surface area contributed by atoms with Crippen LogP contribution >= 0.6 is 0 Å². The van der Waals surface area contributed by atoms with Gasteiger partial charge in [0.2, 0.25) is 0 Å². The van der Waals surface area contributed by atoms with E-state index in [-0.39, 0.29) is 5.63 Å².